The van der Waals surface area contributed by atoms with Crippen molar-refractivity contribution in [3.8, 4) is 28.6 Å². The van der Waals surface area contributed by atoms with Gasteiger partial charge >= 0.3 is 0 Å². The molecule has 4 atom stereocenters. The molecule has 3 aromatic rings. The van der Waals surface area contributed by atoms with Crippen LogP contribution < -0.4 is 10.2 Å². The summed E-state index contributed by atoms with van der Waals surface area (Å²) in [6.45, 7) is 0.976. The maximum atomic E-state index is 12.8. The number of aliphatic hydroxyl groups is 2. The summed E-state index contributed by atoms with van der Waals surface area (Å²) in [4.78, 5) is 24.5. The number of hydrogen-bond donors (Lipinski definition) is 4. The molecule has 9 heteroatoms. The van der Waals surface area contributed by atoms with Crippen LogP contribution in [0.15, 0.2) is 45.6 Å². The van der Waals surface area contributed by atoms with Gasteiger partial charge in [0.25, 0.3) is 0 Å². The smallest absolute Gasteiger partial charge is 0.241 e. The Hall–Kier alpha value is -3.40. The Kier molecular flexibility index (Phi) is 4.93. The number of phenols is 2. The van der Waals surface area contributed by atoms with Gasteiger partial charge in [-0.3, -0.25) is 4.79 Å². The van der Waals surface area contributed by atoms with Crippen LogP contribution in [-0.4, -0.2) is 50.8 Å². The molecule has 172 valence electrons. The molecule has 0 aliphatic carbocycles. The number of benzene rings is 2. The molecule has 3 heterocycles. The van der Waals surface area contributed by atoms with Crippen LogP contribution in [0.3, 0.4) is 0 Å². The van der Waals surface area contributed by atoms with E-state index < -0.39 is 35.9 Å². The van der Waals surface area contributed by atoms with E-state index in [-0.39, 0.29) is 52.6 Å². The zero-order valence-corrected chi connectivity index (χ0v) is 17.6. The van der Waals surface area contributed by atoms with Crippen LogP contribution in [-0.2, 0) is 16.0 Å². The quantitative estimate of drug-likeness (QED) is 0.464. The molecule has 2 aromatic carbocycles. The molecule has 0 bridgehead atoms. The summed E-state index contributed by atoms with van der Waals surface area (Å²) in [7, 11) is 0. The van der Waals surface area contributed by atoms with Crippen molar-refractivity contribution >= 4 is 16.8 Å². The second-order valence-corrected chi connectivity index (χ2v) is 8.54. The van der Waals surface area contributed by atoms with Gasteiger partial charge in [-0.1, -0.05) is 0 Å². The number of phenolic OH excluding ortho intramolecular Hbond substituents is 2. The molecule has 2 aliphatic heterocycles. The minimum atomic E-state index is -1.59. The molecule has 2 aliphatic rings. The van der Waals surface area contributed by atoms with Crippen LogP contribution in [0.1, 0.15) is 18.9 Å². The maximum Gasteiger partial charge on any atom is 0.241 e. The average molecular weight is 454 g/mol. The second-order valence-electron chi connectivity index (χ2n) is 8.54. The van der Waals surface area contributed by atoms with Crippen LogP contribution in [0.25, 0.3) is 22.3 Å². The van der Waals surface area contributed by atoms with Crippen molar-refractivity contribution in [3.05, 3.63) is 52.2 Å². The van der Waals surface area contributed by atoms with Crippen molar-refractivity contribution in [3.63, 3.8) is 0 Å². The van der Waals surface area contributed by atoms with E-state index in [4.69, 9.17) is 13.9 Å². The Balaban J connectivity index is 1.62. The van der Waals surface area contributed by atoms with Crippen LogP contribution in [0.5, 0.6) is 17.2 Å². The standard InChI is InChI=1S/C24H22O9/c1-11(26)6-14-20(10-25)33-24(23(14)30)9-15-19(32-24)8-17(29)21-16(28)7-18(31-22(15)21)12-2-4-13(27)5-3-12/h2-5,7-8,14,20,23,25,27,29-30H,6,9-10H2,1H3. The number of ether oxygens (including phenoxy) is 2. The first-order valence-corrected chi connectivity index (χ1v) is 10.5. The number of hydrogen-bond acceptors (Lipinski definition) is 9. The highest BCUT2D eigenvalue weighted by Gasteiger charge is 2.59. The minimum Gasteiger partial charge on any atom is -0.508 e. The first-order valence-electron chi connectivity index (χ1n) is 10.5. The summed E-state index contributed by atoms with van der Waals surface area (Å²) < 4.78 is 17.9. The van der Waals surface area contributed by atoms with Gasteiger partial charge in [-0.15, -0.1) is 0 Å². The normalized spacial score (nSPS) is 26.0. The lowest BCUT2D eigenvalue weighted by Gasteiger charge is -2.27. The molecule has 0 saturated carbocycles. The fourth-order valence-corrected chi connectivity index (χ4v) is 4.76. The molecule has 1 spiro atoms. The van der Waals surface area contributed by atoms with Gasteiger partial charge in [-0.2, -0.15) is 0 Å². The molecule has 1 fully saturated rings. The number of ketones is 1. The molecular weight excluding hydrogens is 432 g/mol. The van der Waals surface area contributed by atoms with Gasteiger partial charge in [0, 0.05) is 42.0 Å². The van der Waals surface area contributed by atoms with Crippen LogP contribution in [0, 0.1) is 5.92 Å². The first kappa shape index (κ1) is 21.4. The summed E-state index contributed by atoms with van der Waals surface area (Å²) >= 11 is 0. The van der Waals surface area contributed by atoms with Crippen molar-refractivity contribution in [2.75, 3.05) is 6.61 Å². The van der Waals surface area contributed by atoms with Gasteiger partial charge in [0.2, 0.25) is 5.79 Å². The van der Waals surface area contributed by atoms with Gasteiger partial charge in [0.15, 0.2) is 5.43 Å². The van der Waals surface area contributed by atoms with E-state index in [9.17, 15) is 30.0 Å². The van der Waals surface area contributed by atoms with Gasteiger partial charge in [0.1, 0.15) is 45.9 Å². The first-order chi connectivity index (χ1) is 15.7. The number of aliphatic hydroxyl groups excluding tert-OH is 2. The Morgan fingerprint density at radius 2 is 1.91 bits per heavy atom. The third-order valence-corrected chi connectivity index (χ3v) is 6.29. The molecule has 4 unspecified atom stereocenters. The molecule has 5 rings (SSSR count). The summed E-state index contributed by atoms with van der Waals surface area (Å²) in [5.74, 6) is -2.34. The van der Waals surface area contributed by atoms with Gasteiger partial charge in [-0.05, 0) is 31.2 Å². The Labute approximate surface area is 187 Å². The highest BCUT2D eigenvalue weighted by atomic mass is 16.7. The Morgan fingerprint density at radius 1 is 1.18 bits per heavy atom. The SMILES string of the molecule is CC(=O)CC1C(CO)OC2(Cc3c(cc(O)c4c(=O)cc(-c5ccc(O)cc5)oc34)O2)C1O. The Morgan fingerprint density at radius 3 is 2.58 bits per heavy atom. The van der Waals surface area contributed by atoms with Gasteiger partial charge < -0.3 is 39.1 Å². The van der Waals surface area contributed by atoms with E-state index in [1.54, 1.807) is 12.1 Å². The fourth-order valence-electron chi connectivity index (χ4n) is 4.76. The minimum absolute atomic E-state index is 0.0000694. The maximum absolute atomic E-state index is 12.8. The summed E-state index contributed by atoms with van der Waals surface area (Å²) in [5.41, 5.74) is 0.566. The van der Waals surface area contributed by atoms with Crippen LogP contribution in [0.2, 0.25) is 0 Å². The molecule has 4 N–H and O–H groups in total. The van der Waals surface area contributed by atoms with Crippen LogP contribution >= 0.6 is 0 Å². The predicted octanol–water partition coefficient (Wildman–Crippen LogP) is 1.85. The molecule has 0 radical (unpaired) electrons. The van der Waals surface area contributed by atoms with E-state index in [0.717, 1.165) is 0 Å². The number of carbonyl (C=O) groups excluding carboxylic acids is 1. The lowest BCUT2D eigenvalue weighted by Crippen LogP contribution is -2.46. The van der Waals surface area contributed by atoms with Crippen LogP contribution in [0.4, 0.5) is 0 Å². The van der Waals surface area contributed by atoms with E-state index >= 15 is 0 Å². The van der Waals surface area contributed by atoms with Gasteiger partial charge in [-0.25, -0.2) is 0 Å². The Bertz CT molecular complexity index is 1310. The summed E-state index contributed by atoms with van der Waals surface area (Å²) in [6, 6.07) is 8.60. The summed E-state index contributed by atoms with van der Waals surface area (Å²) in [6.07, 6.45) is -2.08. The summed E-state index contributed by atoms with van der Waals surface area (Å²) in [5, 5.41) is 40.8. The van der Waals surface area contributed by atoms with E-state index in [0.29, 0.717) is 11.1 Å². The number of aromatic hydroxyl groups is 2. The lowest BCUT2D eigenvalue weighted by molar-refractivity contribution is -0.199. The highest BCUT2D eigenvalue weighted by Crippen LogP contribution is 2.50. The molecule has 1 aromatic heterocycles. The van der Waals surface area contributed by atoms with Crippen molar-refractivity contribution in [2.45, 2.75) is 37.8 Å². The third kappa shape index (κ3) is 3.36. The molecule has 9 nitrogen and oxygen atoms in total. The lowest BCUT2D eigenvalue weighted by atomic mass is 9.88. The zero-order chi connectivity index (χ0) is 23.5. The highest BCUT2D eigenvalue weighted by molar-refractivity contribution is 5.90. The largest absolute Gasteiger partial charge is 0.508 e. The number of fused-ring (bicyclic) bond motifs is 3. The van der Waals surface area contributed by atoms with Crippen molar-refractivity contribution in [2.24, 2.45) is 5.92 Å². The van der Waals surface area contributed by atoms with Gasteiger partial charge in [0.05, 0.1) is 12.7 Å². The molecular formula is C24H22O9. The number of carbonyl (C=O) groups is 1. The number of Topliss-reactive ketones (excluding diaryl/α,β-unsaturated/α-hetero) is 1. The van der Waals surface area contributed by atoms with Crippen molar-refractivity contribution < 1.29 is 39.1 Å². The van der Waals surface area contributed by atoms with E-state index in [1.807, 2.05) is 0 Å². The van der Waals surface area contributed by atoms with Crippen molar-refractivity contribution in [1.29, 1.82) is 0 Å². The average Bonchev–Trinajstić information content (AvgIpc) is 3.26. The molecule has 0 amide bonds. The molecule has 33 heavy (non-hydrogen) atoms. The third-order valence-electron chi connectivity index (χ3n) is 6.29. The predicted molar refractivity (Wildman–Crippen MR) is 115 cm³/mol. The topological polar surface area (TPSA) is 147 Å². The fraction of sp³-hybridized carbons (Fsp3) is 0.333. The van der Waals surface area contributed by atoms with Crippen molar-refractivity contribution in [1.82, 2.24) is 0 Å². The monoisotopic (exact) mass is 454 g/mol. The number of rotatable bonds is 4. The van der Waals surface area contributed by atoms with E-state index in [1.165, 1.54) is 31.2 Å². The molecule has 1 saturated heterocycles. The van der Waals surface area contributed by atoms with E-state index in [2.05, 4.69) is 0 Å². The zero-order valence-electron chi connectivity index (χ0n) is 17.6. The second kappa shape index (κ2) is 7.58.